The molecule has 1 aliphatic carbocycles. The van der Waals surface area contributed by atoms with Gasteiger partial charge in [0.1, 0.15) is 0 Å². The fourth-order valence-electron chi connectivity index (χ4n) is 2.50. The van der Waals surface area contributed by atoms with Crippen LogP contribution >= 0.6 is 11.6 Å². The monoisotopic (exact) mass is 268 g/mol. The summed E-state index contributed by atoms with van der Waals surface area (Å²) >= 11 is 5.84. The lowest BCUT2D eigenvalue weighted by Gasteiger charge is -2.21. The number of hydrogen-bond donors (Lipinski definition) is 3. The number of aromatic carboxylic acids is 1. The second-order valence-corrected chi connectivity index (χ2v) is 5.08. The molecule has 0 bridgehead atoms. The first-order valence-electron chi connectivity index (χ1n) is 6.11. The summed E-state index contributed by atoms with van der Waals surface area (Å²) in [6.07, 6.45) is 3.37. The van der Waals surface area contributed by atoms with E-state index < -0.39 is 5.97 Å². The Morgan fingerprint density at radius 3 is 2.94 bits per heavy atom. The highest BCUT2D eigenvalue weighted by molar-refractivity contribution is 6.33. The van der Waals surface area contributed by atoms with Crippen LogP contribution < -0.4 is 11.1 Å². The van der Waals surface area contributed by atoms with Crippen molar-refractivity contribution in [3.05, 3.63) is 28.8 Å². The van der Waals surface area contributed by atoms with E-state index in [1.165, 1.54) is 6.42 Å². The maximum atomic E-state index is 11.0. The molecule has 1 fully saturated rings. The van der Waals surface area contributed by atoms with Gasteiger partial charge in [-0.2, -0.15) is 0 Å². The van der Waals surface area contributed by atoms with Gasteiger partial charge in [0, 0.05) is 11.7 Å². The van der Waals surface area contributed by atoms with Crippen molar-refractivity contribution in [3.63, 3.8) is 0 Å². The van der Waals surface area contributed by atoms with E-state index in [2.05, 4.69) is 5.32 Å². The van der Waals surface area contributed by atoms with E-state index >= 15 is 0 Å². The minimum absolute atomic E-state index is 0.129. The SMILES string of the molecule is NCC1CCCC1Nc1ccc(Cl)c(C(=O)O)c1. The van der Waals surface area contributed by atoms with Gasteiger partial charge >= 0.3 is 5.97 Å². The Labute approximate surface area is 111 Å². The lowest BCUT2D eigenvalue weighted by Crippen LogP contribution is -2.29. The second kappa shape index (κ2) is 5.59. The Balaban J connectivity index is 2.14. The molecule has 1 aromatic carbocycles. The molecule has 4 nitrogen and oxygen atoms in total. The molecule has 98 valence electrons. The number of hydrogen-bond acceptors (Lipinski definition) is 3. The molecule has 0 aromatic heterocycles. The standard InChI is InChI=1S/C13H17ClN2O2/c14-11-5-4-9(6-10(11)13(17)18)16-12-3-1-2-8(12)7-15/h4-6,8,12,16H,1-3,7,15H2,(H,17,18). The van der Waals surface area contributed by atoms with Crippen LogP contribution in [-0.2, 0) is 0 Å². The zero-order valence-corrected chi connectivity index (χ0v) is 10.8. The van der Waals surface area contributed by atoms with Crippen LogP contribution in [0, 0.1) is 5.92 Å². The number of carboxylic acids is 1. The summed E-state index contributed by atoms with van der Waals surface area (Å²) in [7, 11) is 0. The molecular formula is C13H17ClN2O2. The molecule has 4 N–H and O–H groups in total. The second-order valence-electron chi connectivity index (χ2n) is 4.68. The van der Waals surface area contributed by atoms with Crippen molar-refractivity contribution in [1.82, 2.24) is 0 Å². The van der Waals surface area contributed by atoms with Gasteiger partial charge in [0.2, 0.25) is 0 Å². The van der Waals surface area contributed by atoms with Gasteiger partial charge in [0.05, 0.1) is 10.6 Å². The van der Waals surface area contributed by atoms with Crippen molar-refractivity contribution in [2.75, 3.05) is 11.9 Å². The highest BCUT2D eigenvalue weighted by Crippen LogP contribution is 2.29. The van der Waals surface area contributed by atoms with E-state index in [0.717, 1.165) is 18.5 Å². The predicted molar refractivity (Wildman–Crippen MR) is 72.2 cm³/mol. The highest BCUT2D eigenvalue weighted by atomic mass is 35.5. The number of nitrogens with one attached hydrogen (secondary N) is 1. The molecule has 2 unspecified atom stereocenters. The average molecular weight is 269 g/mol. The molecule has 0 spiro atoms. The van der Waals surface area contributed by atoms with Gasteiger partial charge in [-0.05, 0) is 43.5 Å². The molecule has 1 aromatic rings. The minimum Gasteiger partial charge on any atom is -0.478 e. The van der Waals surface area contributed by atoms with E-state index in [1.54, 1.807) is 18.2 Å². The number of benzene rings is 1. The quantitative estimate of drug-likeness (QED) is 0.785. The van der Waals surface area contributed by atoms with Crippen LogP contribution in [0.1, 0.15) is 29.6 Å². The number of carboxylic acid groups (broad SMARTS) is 1. The molecule has 0 aliphatic heterocycles. The van der Waals surface area contributed by atoms with Crippen molar-refractivity contribution in [2.24, 2.45) is 11.7 Å². The number of anilines is 1. The molecule has 0 radical (unpaired) electrons. The van der Waals surface area contributed by atoms with Crippen LogP contribution in [0.4, 0.5) is 5.69 Å². The van der Waals surface area contributed by atoms with Crippen molar-refractivity contribution in [1.29, 1.82) is 0 Å². The van der Waals surface area contributed by atoms with Crippen LogP contribution in [0.25, 0.3) is 0 Å². The molecule has 0 saturated heterocycles. The van der Waals surface area contributed by atoms with Crippen LogP contribution in [0.15, 0.2) is 18.2 Å². The molecule has 2 atom stereocenters. The zero-order valence-electron chi connectivity index (χ0n) is 10.0. The molecular weight excluding hydrogens is 252 g/mol. The Hall–Kier alpha value is -1.26. The summed E-state index contributed by atoms with van der Waals surface area (Å²) < 4.78 is 0. The van der Waals surface area contributed by atoms with Gasteiger partial charge in [-0.1, -0.05) is 18.0 Å². The van der Waals surface area contributed by atoms with E-state index in [4.69, 9.17) is 22.4 Å². The number of halogens is 1. The van der Waals surface area contributed by atoms with Gasteiger partial charge in [-0.3, -0.25) is 0 Å². The molecule has 1 aliphatic rings. The van der Waals surface area contributed by atoms with Gasteiger partial charge in [0.25, 0.3) is 0 Å². The molecule has 0 heterocycles. The summed E-state index contributed by atoms with van der Waals surface area (Å²) in [6, 6.07) is 5.33. The maximum Gasteiger partial charge on any atom is 0.337 e. The third-order valence-corrected chi connectivity index (χ3v) is 3.84. The third-order valence-electron chi connectivity index (χ3n) is 3.51. The summed E-state index contributed by atoms with van der Waals surface area (Å²) in [5, 5.41) is 12.6. The van der Waals surface area contributed by atoms with E-state index in [0.29, 0.717) is 18.5 Å². The summed E-state index contributed by atoms with van der Waals surface area (Å²) in [5.74, 6) is -0.542. The predicted octanol–water partition coefficient (Wildman–Crippen LogP) is 2.58. The van der Waals surface area contributed by atoms with Crippen molar-refractivity contribution in [3.8, 4) is 0 Å². The summed E-state index contributed by atoms with van der Waals surface area (Å²) in [5.41, 5.74) is 6.65. The lowest BCUT2D eigenvalue weighted by molar-refractivity contribution is 0.0697. The lowest BCUT2D eigenvalue weighted by atomic mass is 10.0. The first-order valence-corrected chi connectivity index (χ1v) is 6.49. The molecule has 18 heavy (non-hydrogen) atoms. The Kier molecular flexibility index (Phi) is 4.09. The van der Waals surface area contributed by atoms with Gasteiger partial charge < -0.3 is 16.2 Å². The first kappa shape index (κ1) is 13.2. The summed E-state index contributed by atoms with van der Waals surface area (Å²) in [6.45, 7) is 0.664. The summed E-state index contributed by atoms with van der Waals surface area (Å²) in [4.78, 5) is 11.0. The van der Waals surface area contributed by atoms with E-state index in [1.807, 2.05) is 0 Å². The highest BCUT2D eigenvalue weighted by Gasteiger charge is 2.26. The largest absolute Gasteiger partial charge is 0.478 e. The fraction of sp³-hybridized carbons (Fsp3) is 0.462. The topological polar surface area (TPSA) is 75.3 Å². The smallest absolute Gasteiger partial charge is 0.337 e. The van der Waals surface area contributed by atoms with E-state index in [9.17, 15) is 4.79 Å². The van der Waals surface area contributed by atoms with Crippen molar-refractivity contribution < 1.29 is 9.90 Å². The van der Waals surface area contributed by atoms with Gasteiger partial charge in [0.15, 0.2) is 0 Å². The van der Waals surface area contributed by atoms with Crippen LogP contribution in [0.2, 0.25) is 5.02 Å². The van der Waals surface area contributed by atoms with Crippen LogP contribution in [0.5, 0.6) is 0 Å². The van der Waals surface area contributed by atoms with Crippen molar-refractivity contribution >= 4 is 23.3 Å². The number of nitrogens with two attached hydrogens (primary N) is 1. The number of carbonyl (C=O) groups is 1. The zero-order chi connectivity index (χ0) is 13.1. The Bertz CT molecular complexity index is 451. The van der Waals surface area contributed by atoms with Gasteiger partial charge in [-0.15, -0.1) is 0 Å². The third kappa shape index (κ3) is 2.76. The number of rotatable bonds is 4. The molecule has 5 heteroatoms. The Morgan fingerprint density at radius 2 is 2.28 bits per heavy atom. The molecule has 0 amide bonds. The van der Waals surface area contributed by atoms with Crippen LogP contribution in [0.3, 0.4) is 0 Å². The normalized spacial score (nSPS) is 23.0. The van der Waals surface area contributed by atoms with Gasteiger partial charge in [-0.25, -0.2) is 4.79 Å². The first-order chi connectivity index (χ1) is 8.61. The van der Waals surface area contributed by atoms with Crippen LogP contribution in [-0.4, -0.2) is 23.7 Å². The van der Waals surface area contributed by atoms with E-state index in [-0.39, 0.29) is 10.6 Å². The average Bonchev–Trinajstić information content (AvgIpc) is 2.78. The molecule has 1 saturated carbocycles. The fourth-order valence-corrected chi connectivity index (χ4v) is 2.70. The van der Waals surface area contributed by atoms with Crippen molar-refractivity contribution in [2.45, 2.75) is 25.3 Å². The minimum atomic E-state index is -1.01. The Morgan fingerprint density at radius 1 is 1.50 bits per heavy atom. The maximum absolute atomic E-state index is 11.0. The molecule has 2 rings (SSSR count).